The fraction of sp³-hybridized carbons (Fsp3) is 0.562. The lowest BCUT2D eigenvalue weighted by atomic mass is 10.1. The number of hydrogen-bond donors (Lipinski definition) is 1. The zero-order valence-electron chi connectivity index (χ0n) is 12.7. The van der Waals surface area contributed by atoms with E-state index in [2.05, 4.69) is 19.2 Å². The topological polar surface area (TPSA) is 47.6 Å². The summed E-state index contributed by atoms with van der Waals surface area (Å²) in [6.07, 6.45) is 1.97. The largest absolute Gasteiger partial charge is 0.454 e. The molecule has 2 rings (SSSR count). The van der Waals surface area contributed by atoms with Crippen LogP contribution in [-0.4, -0.2) is 30.8 Å². The molecule has 1 aliphatic rings. The number of fused-ring (bicyclic) bond motifs is 1. The van der Waals surface area contributed by atoms with Gasteiger partial charge in [-0.1, -0.05) is 19.9 Å². The molecule has 0 saturated carbocycles. The number of ether oxygens (including phenoxy) is 2. The minimum absolute atomic E-state index is 0.115. The summed E-state index contributed by atoms with van der Waals surface area (Å²) in [5.74, 6) is 4.00. The number of benzene rings is 1. The summed E-state index contributed by atoms with van der Waals surface area (Å²) >= 11 is 1.70. The van der Waals surface area contributed by atoms with E-state index in [1.54, 1.807) is 11.8 Å². The average Bonchev–Trinajstić information content (AvgIpc) is 2.91. The molecule has 21 heavy (non-hydrogen) atoms. The van der Waals surface area contributed by atoms with Crippen LogP contribution in [0.25, 0.3) is 0 Å². The Balaban J connectivity index is 1.61. The molecule has 1 aliphatic heterocycles. The van der Waals surface area contributed by atoms with Gasteiger partial charge >= 0.3 is 0 Å². The molecule has 0 radical (unpaired) electrons. The maximum atomic E-state index is 11.7. The van der Waals surface area contributed by atoms with Crippen molar-refractivity contribution in [3.05, 3.63) is 23.8 Å². The standard InChI is InChI=1S/C16H23NO3S/c1-12(2)6-8-21-10-16(18)17-7-5-13-3-4-14-15(9-13)20-11-19-14/h3-4,9,12H,5-8,10-11H2,1-2H3,(H,17,18). The van der Waals surface area contributed by atoms with E-state index in [0.717, 1.165) is 35.7 Å². The van der Waals surface area contributed by atoms with Crippen molar-refractivity contribution in [1.29, 1.82) is 0 Å². The molecule has 1 aromatic rings. The van der Waals surface area contributed by atoms with Gasteiger partial charge in [0.25, 0.3) is 0 Å². The van der Waals surface area contributed by atoms with Gasteiger partial charge in [0.2, 0.25) is 12.7 Å². The maximum absolute atomic E-state index is 11.7. The highest BCUT2D eigenvalue weighted by Crippen LogP contribution is 2.32. The zero-order valence-corrected chi connectivity index (χ0v) is 13.5. The second kappa shape index (κ2) is 8.17. The first kappa shape index (κ1) is 16.0. The van der Waals surface area contributed by atoms with Crippen molar-refractivity contribution >= 4 is 17.7 Å². The van der Waals surface area contributed by atoms with Gasteiger partial charge in [-0.25, -0.2) is 0 Å². The summed E-state index contributed by atoms with van der Waals surface area (Å²) in [7, 11) is 0. The average molecular weight is 309 g/mol. The first-order valence-corrected chi connectivity index (χ1v) is 8.53. The van der Waals surface area contributed by atoms with E-state index in [-0.39, 0.29) is 5.91 Å². The molecule has 0 atom stereocenters. The van der Waals surface area contributed by atoms with E-state index in [4.69, 9.17) is 9.47 Å². The Bertz CT molecular complexity index is 477. The molecule has 0 aliphatic carbocycles. The van der Waals surface area contributed by atoms with Crippen LogP contribution in [-0.2, 0) is 11.2 Å². The fourth-order valence-electron chi connectivity index (χ4n) is 1.98. The second-order valence-corrected chi connectivity index (χ2v) is 6.63. The van der Waals surface area contributed by atoms with Gasteiger partial charge in [-0.3, -0.25) is 4.79 Å². The molecule has 0 saturated heterocycles. The number of amides is 1. The quantitative estimate of drug-likeness (QED) is 0.750. The van der Waals surface area contributed by atoms with Crippen molar-refractivity contribution in [2.45, 2.75) is 26.7 Å². The Morgan fingerprint density at radius 3 is 2.95 bits per heavy atom. The van der Waals surface area contributed by atoms with Gasteiger partial charge in [-0.15, -0.1) is 0 Å². The van der Waals surface area contributed by atoms with Crippen LogP contribution in [0, 0.1) is 5.92 Å². The molecule has 0 unspecified atom stereocenters. The van der Waals surface area contributed by atoms with Crippen molar-refractivity contribution in [1.82, 2.24) is 5.32 Å². The van der Waals surface area contributed by atoms with Crippen LogP contribution in [0.5, 0.6) is 11.5 Å². The Labute approximate surface area is 130 Å². The summed E-state index contributed by atoms with van der Waals surface area (Å²) < 4.78 is 10.6. The van der Waals surface area contributed by atoms with E-state index in [1.807, 2.05) is 18.2 Å². The maximum Gasteiger partial charge on any atom is 0.231 e. The molecule has 1 N–H and O–H groups in total. The lowest BCUT2D eigenvalue weighted by Crippen LogP contribution is -2.27. The minimum atomic E-state index is 0.115. The lowest BCUT2D eigenvalue weighted by Gasteiger charge is -2.07. The lowest BCUT2D eigenvalue weighted by molar-refractivity contribution is -0.118. The molecule has 5 heteroatoms. The van der Waals surface area contributed by atoms with E-state index >= 15 is 0 Å². The molecule has 1 heterocycles. The van der Waals surface area contributed by atoms with Gasteiger partial charge in [0.1, 0.15) is 0 Å². The molecular formula is C16H23NO3S. The summed E-state index contributed by atoms with van der Waals surface area (Å²) in [6, 6.07) is 5.91. The Kier molecular flexibility index (Phi) is 6.23. The molecule has 1 amide bonds. The Hall–Kier alpha value is -1.36. The van der Waals surface area contributed by atoms with Crippen molar-refractivity contribution < 1.29 is 14.3 Å². The van der Waals surface area contributed by atoms with Gasteiger partial charge in [0.15, 0.2) is 11.5 Å². The van der Waals surface area contributed by atoms with E-state index < -0.39 is 0 Å². The number of rotatable bonds is 8. The molecule has 116 valence electrons. The third-order valence-electron chi connectivity index (χ3n) is 3.25. The molecule has 0 fully saturated rings. The minimum Gasteiger partial charge on any atom is -0.454 e. The zero-order chi connectivity index (χ0) is 15.1. The second-order valence-electron chi connectivity index (χ2n) is 5.52. The predicted octanol–water partition coefficient (Wildman–Crippen LogP) is 2.85. The first-order valence-electron chi connectivity index (χ1n) is 7.38. The van der Waals surface area contributed by atoms with Crippen LogP contribution < -0.4 is 14.8 Å². The van der Waals surface area contributed by atoms with Gasteiger partial charge in [0, 0.05) is 6.54 Å². The van der Waals surface area contributed by atoms with E-state index in [0.29, 0.717) is 25.0 Å². The van der Waals surface area contributed by atoms with Crippen LogP contribution in [0.2, 0.25) is 0 Å². The number of thioether (sulfide) groups is 1. The molecular weight excluding hydrogens is 286 g/mol. The van der Waals surface area contributed by atoms with Crippen molar-refractivity contribution in [3.63, 3.8) is 0 Å². The monoisotopic (exact) mass is 309 g/mol. The van der Waals surface area contributed by atoms with E-state index in [1.165, 1.54) is 0 Å². The van der Waals surface area contributed by atoms with Crippen LogP contribution in [0.15, 0.2) is 18.2 Å². The first-order chi connectivity index (χ1) is 10.1. The van der Waals surface area contributed by atoms with Crippen LogP contribution in [0.3, 0.4) is 0 Å². The van der Waals surface area contributed by atoms with Crippen molar-refractivity contribution in [3.8, 4) is 11.5 Å². The van der Waals surface area contributed by atoms with Gasteiger partial charge in [-0.05, 0) is 42.2 Å². The third-order valence-corrected chi connectivity index (χ3v) is 4.24. The highest BCUT2D eigenvalue weighted by atomic mass is 32.2. The summed E-state index contributed by atoms with van der Waals surface area (Å²) in [5.41, 5.74) is 1.15. The van der Waals surface area contributed by atoms with Crippen LogP contribution in [0.1, 0.15) is 25.8 Å². The summed E-state index contributed by atoms with van der Waals surface area (Å²) in [6.45, 7) is 5.35. The SMILES string of the molecule is CC(C)CCSCC(=O)NCCc1ccc2c(c1)OCO2. The van der Waals surface area contributed by atoms with E-state index in [9.17, 15) is 4.79 Å². The summed E-state index contributed by atoms with van der Waals surface area (Å²) in [5, 5.41) is 2.96. The number of carbonyl (C=O) groups excluding carboxylic acids is 1. The molecule has 0 spiro atoms. The molecule has 1 aromatic carbocycles. The molecule has 4 nitrogen and oxygen atoms in total. The van der Waals surface area contributed by atoms with Crippen LogP contribution >= 0.6 is 11.8 Å². The fourth-order valence-corrected chi connectivity index (χ4v) is 3.05. The Morgan fingerprint density at radius 1 is 1.33 bits per heavy atom. The smallest absolute Gasteiger partial charge is 0.231 e. The van der Waals surface area contributed by atoms with Crippen molar-refractivity contribution in [2.75, 3.05) is 24.8 Å². The van der Waals surface area contributed by atoms with Gasteiger partial charge in [-0.2, -0.15) is 11.8 Å². The van der Waals surface area contributed by atoms with Crippen molar-refractivity contribution in [2.24, 2.45) is 5.92 Å². The highest BCUT2D eigenvalue weighted by Gasteiger charge is 2.13. The van der Waals surface area contributed by atoms with Gasteiger partial charge in [0.05, 0.1) is 5.75 Å². The molecule has 0 aromatic heterocycles. The third kappa shape index (κ3) is 5.50. The predicted molar refractivity (Wildman–Crippen MR) is 86.1 cm³/mol. The Morgan fingerprint density at radius 2 is 2.14 bits per heavy atom. The van der Waals surface area contributed by atoms with Crippen LogP contribution in [0.4, 0.5) is 0 Å². The number of hydrogen-bond acceptors (Lipinski definition) is 4. The molecule has 0 bridgehead atoms. The number of nitrogens with one attached hydrogen (secondary N) is 1. The normalized spacial score (nSPS) is 12.7. The highest BCUT2D eigenvalue weighted by molar-refractivity contribution is 7.99. The number of carbonyl (C=O) groups is 1. The van der Waals surface area contributed by atoms with Gasteiger partial charge < -0.3 is 14.8 Å². The summed E-state index contributed by atoms with van der Waals surface area (Å²) in [4.78, 5) is 11.7.